The number of benzene rings is 1. The number of nitrogens with one attached hydrogen (secondary N) is 2. The van der Waals surface area contributed by atoms with Crippen molar-refractivity contribution >= 4 is 37.8 Å². The number of halogens is 1. The highest BCUT2D eigenvalue weighted by molar-refractivity contribution is 9.10. The second-order valence-electron chi connectivity index (χ2n) is 4.06. The number of imide groups is 1. The van der Waals surface area contributed by atoms with Crippen molar-refractivity contribution in [2.45, 2.75) is 23.8 Å². The van der Waals surface area contributed by atoms with Crippen LogP contribution in [-0.4, -0.2) is 26.3 Å². The molecular formula is C11H11BrN2O4S. The number of carbonyl (C=O) groups excluding carboxylic acids is 2. The van der Waals surface area contributed by atoms with Gasteiger partial charge in [0, 0.05) is 10.9 Å². The average Bonchev–Trinajstić information content (AvgIpc) is 2.33. The molecule has 19 heavy (non-hydrogen) atoms. The van der Waals surface area contributed by atoms with Crippen molar-refractivity contribution in [3.63, 3.8) is 0 Å². The maximum Gasteiger partial charge on any atom is 0.244 e. The van der Waals surface area contributed by atoms with Crippen LogP contribution in [0.15, 0.2) is 33.6 Å². The molecular weight excluding hydrogens is 336 g/mol. The molecule has 0 radical (unpaired) electrons. The maximum absolute atomic E-state index is 12.1. The predicted octanol–water partition coefficient (Wildman–Crippen LogP) is 0.533. The van der Waals surface area contributed by atoms with Crippen LogP contribution in [-0.2, 0) is 19.6 Å². The van der Waals surface area contributed by atoms with Crippen LogP contribution >= 0.6 is 15.9 Å². The Morgan fingerprint density at radius 3 is 2.58 bits per heavy atom. The highest BCUT2D eigenvalue weighted by Crippen LogP contribution is 2.21. The zero-order valence-electron chi connectivity index (χ0n) is 9.72. The summed E-state index contributed by atoms with van der Waals surface area (Å²) in [4.78, 5) is 22.6. The van der Waals surface area contributed by atoms with Crippen LogP contribution in [0.4, 0.5) is 0 Å². The average molecular weight is 347 g/mol. The standard InChI is InChI=1S/C11H11BrN2O4S/c12-7-3-1-2-4-9(7)19(17,18)14-8-5-6-10(15)13-11(8)16/h1-4,8,14H,5-6H2,(H,13,15,16). The first kappa shape index (κ1) is 14.2. The van der Waals surface area contributed by atoms with Crippen molar-refractivity contribution in [2.75, 3.05) is 0 Å². The lowest BCUT2D eigenvalue weighted by Gasteiger charge is -2.21. The van der Waals surface area contributed by atoms with Gasteiger partial charge in [0.05, 0.1) is 4.90 Å². The van der Waals surface area contributed by atoms with Crippen molar-refractivity contribution in [1.29, 1.82) is 0 Å². The summed E-state index contributed by atoms with van der Waals surface area (Å²) < 4.78 is 27.0. The van der Waals surface area contributed by atoms with E-state index in [9.17, 15) is 18.0 Å². The Morgan fingerprint density at radius 2 is 1.95 bits per heavy atom. The monoisotopic (exact) mass is 346 g/mol. The molecule has 2 rings (SSSR count). The first-order valence-electron chi connectivity index (χ1n) is 5.51. The molecule has 1 aliphatic heterocycles. The van der Waals surface area contributed by atoms with Gasteiger partial charge < -0.3 is 0 Å². The molecule has 0 aromatic heterocycles. The second kappa shape index (κ2) is 5.40. The minimum Gasteiger partial charge on any atom is -0.295 e. The Kier molecular flexibility index (Phi) is 4.02. The number of hydrogen-bond acceptors (Lipinski definition) is 4. The number of piperidine rings is 1. The van der Waals surface area contributed by atoms with Gasteiger partial charge in [0.25, 0.3) is 0 Å². The lowest BCUT2D eigenvalue weighted by molar-refractivity contribution is -0.134. The van der Waals surface area contributed by atoms with E-state index in [2.05, 4.69) is 26.0 Å². The molecule has 1 fully saturated rings. The fourth-order valence-corrected chi connectivity index (χ4v) is 3.95. The number of carbonyl (C=O) groups is 2. The van der Waals surface area contributed by atoms with Crippen molar-refractivity contribution in [3.8, 4) is 0 Å². The quantitative estimate of drug-likeness (QED) is 0.781. The topological polar surface area (TPSA) is 92.3 Å². The molecule has 8 heteroatoms. The highest BCUT2D eigenvalue weighted by Gasteiger charge is 2.31. The smallest absolute Gasteiger partial charge is 0.244 e. The Labute approximate surface area is 118 Å². The summed E-state index contributed by atoms with van der Waals surface area (Å²) in [6.45, 7) is 0. The lowest BCUT2D eigenvalue weighted by atomic mass is 10.1. The fraction of sp³-hybridized carbons (Fsp3) is 0.273. The van der Waals surface area contributed by atoms with Crippen LogP contribution in [0.3, 0.4) is 0 Å². The first-order chi connectivity index (χ1) is 8.90. The summed E-state index contributed by atoms with van der Waals surface area (Å²) in [6, 6.07) is 5.38. The fourth-order valence-electron chi connectivity index (χ4n) is 1.72. The molecule has 1 heterocycles. The zero-order chi connectivity index (χ0) is 14.0. The largest absolute Gasteiger partial charge is 0.295 e. The molecule has 1 unspecified atom stereocenters. The van der Waals surface area contributed by atoms with Crippen LogP contribution in [0.2, 0.25) is 0 Å². The summed E-state index contributed by atoms with van der Waals surface area (Å²) in [5.74, 6) is -1.01. The normalized spacial score (nSPS) is 20.2. The zero-order valence-corrected chi connectivity index (χ0v) is 12.1. The minimum atomic E-state index is -3.81. The SMILES string of the molecule is O=C1CCC(NS(=O)(=O)c2ccccc2Br)C(=O)N1. The van der Waals surface area contributed by atoms with E-state index >= 15 is 0 Å². The van der Waals surface area contributed by atoms with Gasteiger partial charge in [0.15, 0.2) is 0 Å². The predicted molar refractivity (Wildman–Crippen MR) is 70.6 cm³/mol. The van der Waals surface area contributed by atoms with E-state index < -0.39 is 22.0 Å². The van der Waals surface area contributed by atoms with Crippen molar-refractivity contribution in [1.82, 2.24) is 10.0 Å². The number of amides is 2. The van der Waals surface area contributed by atoms with Gasteiger partial charge in [-0.2, -0.15) is 4.72 Å². The molecule has 1 atom stereocenters. The van der Waals surface area contributed by atoms with Crippen LogP contribution in [0.1, 0.15) is 12.8 Å². The van der Waals surface area contributed by atoms with E-state index in [-0.39, 0.29) is 23.6 Å². The molecule has 6 nitrogen and oxygen atoms in total. The van der Waals surface area contributed by atoms with Gasteiger partial charge in [-0.05, 0) is 34.5 Å². The molecule has 0 spiro atoms. The Balaban J connectivity index is 2.21. The van der Waals surface area contributed by atoms with Gasteiger partial charge in [-0.25, -0.2) is 8.42 Å². The Bertz CT molecular complexity index is 629. The highest BCUT2D eigenvalue weighted by atomic mass is 79.9. The molecule has 0 saturated carbocycles. The van der Waals surface area contributed by atoms with Gasteiger partial charge in [-0.1, -0.05) is 12.1 Å². The van der Waals surface area contributed by atoms with Crippen molar-refractivity contribution < 1.29 is 18.0 Å². The van der Waals surface area contributed by atoms with E-state index in [0.29, 0.717) is 4.47 Å². The lowest BCUT2D eigenvalue weighted by Crippen LogP contribution is -2.52. The third-order valence-corrected chi connectivity index (χ3v) is 5.15. The molecule has 102 valence electrons. The van der Waals surface area contributed by atoms with E-state index in [1.54, 1.807) is 18.2 Å². The number of rotatable bonds is 3. The summed E-state index contributed by atoms with van der Waals surface area (Å²) in [5, 5.41) is 2.10. The van der Waals surface area contributed by atoms with E-state index in [1.165, 1.54) is 6.07 Å². The first-order valence-corrected chi connectivity index (χ1v) is 7.78. The molecule has 0 bridgehead atoms. The molecule has 2 N–H and O–H groups in total. The number of hydrogen-bond donors (Lipinski definition) is 2. The van der Waals surface area contributed by atoms with E-state index in [4.69, 9.17) is 0 Å². The molecule has 1 aromatic carbocycles. The van der Waals surface area contributed by atoms with Gasteiger partial charge in [-0.15, -0.1) is 0 Å². The van der Waals surface area contributed by atoms with Gasteiger partial charge >= 0.3 is 0 Å². The summed E-state index contributed by atoms with van der Waals surface area (Å²) in [7, 11) is -3.81. The van der Waals surface area contributed by atoms with Gasteiger partial charge in [0.2, 0.25) is 21.8 Å². The van der Waals surface area contributed by atoms with Crippen LogP contribution in [0, 0.1) is 0 Å². The van der Waals surface area contributed by atoms with E-state index in [0.717, 1.165) is 0 Å². The van der Waals surface area contributed by atoms with Crippen LogP contribution in [0.5, 0.6) is 0 Å². The van der Waals surface area contributed by atoms with Crippen molar-refractivity contribution in [3.05, 3.63) is 28.7 Å². The Morgan fingerprint density at radius 1 is 1.26 bits per heavy atom. The minimum absolute atomic E-state index is 0.0553. The second-order valence-corrected chi connectivity index (χ2v) is 6.59. The van der Waals surface area contributed by atoms with Crippen LogP contribution < -0.4 is 10.0 Å². The summed E-state index contributed by atoms with van der Waals surface area (Å²) >= 11 is 3.15. The third kappa shape index (κ3) is 3.20. The molecule has 1 aromatic rings. The van der Waals surface area contributed by atoms with E-state index in [1.807, 2.05) is 0 Å². The Hall–Kier alpha value is -1.25. The van der Waals surface area contributed by atoms with Gasteiger partial charge in [0.1, 0.15) is 6.04 Å². The number of sulfonamides is 1. The molecule has 0 aliphatic carbocycles. The van der Waals surface area contributed by atoms with Gasteiger partial charge in [-0.3, -0.25) is 14.9 Å². The van der Waals surface area contributed by atoms with Crippen LogP contribution in [0.25, 0.3) is 0 Å². The van der Waals surface area contributed by atoms with Crippen molar-refractivity contribution in [2.24, 2.45) is 0 Å². The molecule has 1 aliphatic rings. The summed E-state index contributed by atoms with van der Waals surface area (Å²) in [5.41, 5.74) is 0. The molecule has 1 saturated heterocycles. The molecule has 2 amide bonds. The maximum atomic E-state index is 12.1. The summed E-state index contributed by atoms with van der Waals surface area (Å²) in [6.07, 6.45) is 0.281. The third-order valence-electron chi connectivity index (χ3n) is 2.66.